The van der Waals surface area contributed by atoms with Crippen LogP contribution in [0.3, 0.4) is 0 Å². The summed E-state index contributed by atoms with van der Waals surface area (Å²) in [6.45, 7) is 0. The summed E-state index contributed by atoms with van der Waals surface area (Å²) >= 11 is 0. The fourth-order valence-corrected chi connectivity index (χ4v) is 1.49. The van der Waals surface area contributed by atoms with E-state index >= 15 is 0 Å². The molecule has 0 fully saturated rings. The minimum Gasteiger partial charge on any atom is -0.383 e. The number of nitrogens with zero attached hydrogens (tertiary/aromatic N) is 2. The zero-order valence-electron chi connectivity index (χ0n) is 8.56. The summed E-state index contributed by atoms with van der Waals surface area (Å²) < 4.78 is 27.8. The third kappa shape index (κ3) is 1.94. The van der Waals surface area contributed by atoms with Gasteiger partial charge in [0.1, 0.15) is 17.7 Å². The lowest BCUT2D eigenvalue weighted by Gasteiger charge is -2.09. The summed E-state index contributed by atoms with van der Waals surface area (Å²) in [6, 6.07) is 2.98. The molecular weight excluding hydrogens is 214 g/mol. The summed E-state index contributed by atoms with van der Waals surface area (Å²) in [4.78, 5) is 0. The lowest BCUT2D eigenvalue weighted by Crippen LogP contribution is -2.02. The summed E-state index contributed by atoms with van der Waals surface area (Å²) in [6.07, 6.45) is 1.76. The van der Waals surface area contributed by atoms with Gasteiger partial charge in [0, 0.05) is 24.4 Å². The average Bonchev–Trinajstić information content (AvgIpc) is 2.67. The smallest absolute Gasteiger partial charge is 0.129 e. The second-order valence-corrected chi connectivity index (χ2v) is 3.52. The van der Waals surface area contributed by atoms with E-state index in [1.165, 1.54) is 10.9 Å². The second-order valence-electron chi connectivity index (χ2n) is 3.52. The molecule has 0 amide bonds. The van der Waals surface area contributed by atoms with Crippen molar-refractivity contribution in [3.8, 4) is 0 Å². The molecule has 0 radical (unpaired) electrons. The molecule has 1 heterocycles. The van der Waals surface area contributed by atoms with Crippen LogP contribution in [0, 0.1) is 11.6 Å². The van der Waals surface area contributed by atoms with E-state index in [0.29, 0.717) is 5.56 Å². The summed E-state index contributed by atoms with van der Waals surface area (Å²) in [5.41, 5.74) is 0.333. The van der Waals surface area contributed by atoms with Gasteiger partial charge in [0.2, 0.25) is 0 Å². The number of halogens is 2. The van der Waals surface area contributed by atoms with Crippen LogP contribution in [0.5, 0.6) is 0 Å². The monoisotopic (exact) mass is 224 g/mol. The Morgan fingerprint density at radius 3 is 2.75 bits per heavy atom. The van der Waals surface area contributed by atoms with Crippen LogP contribution in [0.2, 0.25) is 0 Å². The van der Waals surface area contributed by atoms with Crippen molar-refractivity contribution in [1.29, 1.82) is 0 Å². The third-order valence-electron chi connectivity index (χ3n) is 2.29. The number of benzene rings is 1. The zero-order chi connectivity index (χ0) is 11.7. The first kappa shape index (κ1) is 10.8. The minimum absolute atomic E-state index is 0.0898. The van der Waals surface area contributed by atoms with Crippen molar-refractivity contribution >= 4 is 0 Å². The quantitative estimate of drug-likeness (QED) is 0.844. The van der Waals surface area contributed by atoms with E-state index in [1.54, 1.807) is 13.2 Å². The van der Waals surface area contributed by atoms with E-state index in [1.807, 2.05) is 0 Å². The summed E-state index contributed by atoms with van der Waals surface area (Å²) in [7, 11) is 1.68. The Morgan fingerprint density at radius 1 is 1.38 bits per heavy atom. The molecular formula is C11H10F2N2O. The molecule has 0 saturated heterocycles. The summed E-state index contributed by atoms with van der Waals surface area (Å²) in [5.74, 6) is -1.22. The highest BCUT2D eigenvalue weighted by Gasteiger charge is 2.17. The molecule has 16 heavy (non-hydrogen) atoms. The Balaban J connectivity index is 2.40. The van der Waals surface area contributed by atoms with Crippen molar-refractivity contribution in [2.75, 3.05) is 0 Å². The van der Waals surface area contributed by atoms with Crippen LogP contribution >= 0.6 is 0 Å². The molecule has 1 atom stereocenters. The number of aryl methyl sites for hydroxylation is 1. The molecule has 0 aliphatic heterocycles. The topological polar surface area (TPSA) is 38.0 Å². The van der Waals surface area contributed by atoms with E-state index in [0.717, 1.165) is 18.2 Å². The highest BCUT2D eigenvalue weighted by atomic mass is 19.1. The Morgan fingerprint density at radius 2 is 2.12 bits per heavy atom. The van der Waals surface area contributed by atoms with E-state index < -0.39 is 17.7 Å². The highest BCUT2D eigenvalue weighted by Crippen LogP contribution is 2.24. The maximum absolute atomic E-state index is 13.4. The Kier molecular flexibility index (Phi) is 2.70. The maximum atomic E-state index is 13.4. The highest BCUT2D eigenvalue weighted by molar-refractivity contribution is 5.28. The molecule has 0 aliphatic rings. The largest absolute Gasteiger partial charge is 0.383 e. The van der Waals surface area contributed by atoms with Gasteiger partial charge in [0.25, 0.3) is 0 Å². The van der Waals surface area contributed by atoms with Crippen LogP contribution in [0.25, 0.3) is 0 Å². The van der Waals surface area contributed by atoms with E-state index in [9.17, 15) is 13.9 Å². The van der Waals surface area contributed by atoms with Gasteiger partial charge in [-0.1, -0.05) is 0 Å². The Labute approximate surface area is 91.0 Å². The van der Waals surface area contributed by atoms with Crippen molar-refractivity contribution in [1.82, 2.24) is 9.78 Å². The number of aromatic nitrogens is 2. The van der Waals surface area contributed by atoms with Crippen LogP contribution in [0.15, 0.2) is 30.6 Å². The van der Waals surface area contributed by atoms with Gasteiger partial charge in [-0.05, 0) is 18.2 Å². The average molecular weight is 224 g/mol. The van der Waals surface area contributed by atoms with Crippen molar-refractivity contribution in [3.05, 3.63) is 53.4 Å². The molecule has 3 nitrogen and oxygen atoms in total. The van der Waals surface area contributed by atoms with Crippen molar-refractivity contribution < 1.29 is 13.9 Å². The standard InChI is InChI=1S/C11H10F2N2O/c1-15-6-7(5-14-15)11(16)9-4-8(12)2-3-10(9)13/h2-6,11,16H,1H3. The van der Waals surface area contributed by atoms with Crippen LogP contribution in [-0.2, 0) is 7.05 Å². The first-order valence-electron chi connectivity index (χ1n) is 4.69. The fraction of sp³-hybridized carbons (Fsp3) is 0.182. The molecule has 1 N–H and O–H groups in total. The molecule has 2 aromatic rings. The first-order chi connectivity index (χ1) is 7.58. The lowest BCUT2D eigenvalue weighted by molar-refractivity contribution is 0.214. The van der Waals surface area contributed by atoms with Gasteiger partial charge in [-0.15, -0.1) is 0 Å². The van der Waals surface area contributed by atoms with Gasteiger partial charge in [0.05, 0.1) is 6.20 Å². The number of rotatable bonds is 2. The predicted molar refractivity (Wildman–Crippen MR) is 53.6 cm³/mol. The van der Waals surface area contributed by atoms with E-state index in [2.05, 4.69) is 5.10 Å². The van der Waals surface area contributed by atoms with Crippen molar-refractivity contribution in [3.63, 3.8) is 0 Å². The fourth-order valence-electron chi connectivity index (χ4n) is 1.49. The Hall–Kier alpha value is -1.75. The van der Waals surface area contributed by atoms with Crippen LogP contribution in [0.1, 0.15) is 17.2 Å². The molecule has 5 heteroatoms. The number of aliphatic hydroxyl groups excluding tert-OH is 1. The van der Waals surface area contributed by atoms with Gasteiger partial charge in [0.15, 0.2) is 0 Å². The normalized spacial score (nSPS) is 12.8. The van der Waals surface area contributed by atoms with Crippen molar-refractivity contribution in [2.24, 2.45) is 7.05 Å². The molecule has 0 bridgehead atoms. The Bertz CT molecular complexity index is 510. The number of hydrogen-bond donors (Lipinski definition) is 1. The van der Waals surface area contributed by atoms with Crippen LogP contribution in [0.4, 0.5) is 8.78 Å². The van der Waals surface area contributed by atoms with Gasteiger partial charge < -0.3 is 5.11 Å². The third-order valence-corrected chi connectivity index (χ3v) is 2.29. The molecule has 0 aliphatic carbocycles. The minimum atomic E-state index is -1.20. The molecule has 0 saturated carbocycles. The van der Waals surface area contributed by atoms with Gasteiger partial charge >= 0.3 is 0 Å². The summed E-state index contributed by atoms with van der Waals surface area (Å²) in [5, 5.41) is 13.7. The zero-order valence-corrected chi connectivity index (χ0v) is 8.56. The number of aliphatic hydroxyl groups is 1. The SMILES string of the molecule is Cn1cc(C(O)c2cc(F)ccc2F)cn1. The molecule has 1 aromatic heterocycles. The van der Waals surface area contributed by atoms with Gasteiger partial charge in [-0.3, -0.25) is 4.68 Å². The van der Waals surface area contributed by atoms with Crippen molar-refractivity contribution in [2.45, 2.75) is 6.10 Å². The number of hydrogen-bond acceptors (Lipinski definition) is 2. The molecule has 1 unspecified atom stereocenters. The van der Waals surface area contributed by atoms with Gasteiger partial charge in [-0.25, -0.2) is 8.78 Å². The van der Waals surface area contributed by atoms with Crippen LogP contribution < -0.4 is 0 Å². The first-order valence-corrected chi connectivity index (χ1v) is 4.69. The molecule has 84 valence electrons. The van der Waals surface area contributed by atoms with E-state index in [4.69, 9.17) is 0 Å². The van der Waals surface area contributed by atoms with Crippen LogP contribution in [-0.4, -0.2) is 14.9 Å². The maximum Gasteiger partial charge on any atom is 0.129 e. The van der Waals surface area contributed by atoms with Gasteiger partial charge in [-0.2, -0.15) is 5.10 Å². The second kappa shape index (κ2) is 4.02. The lowest BCUT2D eigenvalue weighted by atomic mass is 10.0. The molecule has 2 rings (SSSR count). The molecule has 0 spiro atoms. The predicted octanol–water partition coefficient (Wildman–Crippen LogP) is 1.78. The van der Waals surface area contributed by atoms with E-state index in [-0.39, 0.29) is 5.56 Å². The molecule has 1 aromatic carbocycles.